The van der Waals surface area contributed by atoms with Crippen LogP contribution in [0.4, 0.5) is 5.69 Å². The van der Waals surface area contributed by atoms with Gasteiger partial charge in [0, 0.05) is 20.1 Å². The molecule has 16 heavy (non-hydrogen) atoms. The number of pyridine rings is 1. The van der Waals surface area contributed by atoms with Gasteiger partial charge in [-0.05, 0) is 25.0 Å². The summed E-state index contributed by atoms with van der Waals surface area (Å²) >= 11 is 5.63. The molecule has 0 unspecified atom stereocenters. The zero-order chi connectivity index (χ0) is 11.8. The molecule has 0 bridgehead atoms. The highest BCUT2D eigenvalue weighted by atomic mass is 35.5. The first-order chi connectivity index (χ1) is 7.72. The van der Waals surface area contributed by atoms with Crippen molar-refractivity contribution in [2.24, 2.45) is 0 Å². The summed E-state index contributed by atoms with van der Waals surface area (Å²) in [5.74, 6) is -0.0137. The van der Waals surface area contributed by atoms with Crippen molar-refractivity contribution in [3.05, 3.63) is 23.5 Å². The number of nitrogens with zero attached hydrogens (tertiary/aromatic N) is 1. The molecule has 1 N–H and O–H groups in total. The van der Waals surface area contributed by atoms with Crippen LogP contribution in [0, 0.1) is 0 Å². The van der Waals surface area contributed by atoms with Crippen molar-refractivity contribution in [2.45, 2.75) is 19.3 Å². The molecule has 0 aliphatic heterocycles. The molecule has 1 heterocycles. The number of halogens is 1. The van der Waals surface area contributed by atoms with Gasteiger partial charge in [-0.3, -0.25) is 4.79 Å². The zero-order valence-corrected chi connectivity index (χ0v) is 9.96. The highest BCUT2D eigenvalue weighted by Gasteiger charge is 2.02. The second kappa shape index (κ2) is 7.19. The molecule has 5 heteroatoms. The topological polar surface area (TPSA) is 51.2 Å². The van der Waals surface area contributed by atoms with Gasteiger partial charge in [0.25, 0.3) is 0 Å². The largest absolute Gasteiger partial charge is 0.385 e. The van der Waals surface area contributed by atoms with Gasteiger partial charge in [-0.15, -0.1) is 0 Å². The quantitative estimate of drug-likeness (QED) is 0.616. The molecule has 4 nitrogen and oxygen atoms in total. The highest BCUT2D eigenvalue weighted by Crippen LogP contribution is 2.10. The van der Waals surface area contributed by atoms with Gasteiger partial charge in [0.1, 0.15) is 5.15 Å². The minimum atomic E-state index is -0.0137. The summed E-state index contributed by atoms with van der Waals surface area (Å²) in [4.78, 5) is 15.3. The zero-order valence-electron chi connectivity index (χ0n) is 9.20. The number of anilines is 1. The Balaban J connectivity index is 2.26. The van der Waals surface area contributed by atoms with E-state index >= 15 is 0 Å². The molecule has 0 aliphatic carbocycles. The van der Waals surface area contributed by atoms with Crippen LogP contribution in [0.5, 0.6) is 0 Å². The van der Waals surface area contributed by atoms with Crippen molar-refractivity contribution in [1.29, 1.82) is 0 Å². The molecule has 0 spiro atoms. The molecule has 0 fully saturated rings. The maximum absolute atomic E-state index is 11.4. The Hall–Kier alpha value is -1.13. The van der Waals surface area contributed by atoms with E-state index < -0.39 is 0 Å². The second-order valence-electron chi connectivity index (χ2n) is 3.37. The van der Waals surface area contributed by atoms with Crippen LogP contribution in [-0.4, -0.2) is 24.6 Å². The highest BCUT2D eigenvalue weighted by molar-refractivity contribution is 6.29. The van der Waals surface area contributed by atoms with E-state index in [0.717, 1.165) is 12.8 Å². The molecule has 0 saturated heterocycles. The number of ether oxygens (including phenoxy) is 1. The minimum absolute atomic E-state index is 0.0137. The Morgan fingerprint density at radius 2 is 2.31 bits per heavy atom. The van der Waals surface area contributed by atoms with E-state index in [0.29, 0.717) is 23.9 Å². The van der Waals surface area contributed by atoms with E-state index in [1.165, 1.54) is 6.20 Å². The first kappa shape index (κ1) is 12.9. The monoisotopic (exact) mass is 242 g/mol. The van der Waals surface area contributed by atoms with E-state index in [1.54, 1.807) is 19.2 Å². The Morgan fingerprint density at radius 1 is 1.50 bits per heavy atom. The van der Waals surface area contributed by atoms with Crippen LogP contribution in [0.1, 0.15) is 19.3 Å². The van der Waals surface area contributed by atoms with Crippen LogP contribution in [0.3, 0.4) is 0 Å². The number of rotatable bonds is 6. The number of carbonyl (C=O) groups excluding carboxylic acids is 1. The molecule has 1 aromatic heterocycles. The first-order valence-electron chi connectivity index (χ1n) is 5.12. The van der Waals surface area contributed by atoms with Crippen LogP contribution >= 0.6 is 11.6 Å². The average Bonchev–Trinajstić information content (AvgIpc) is 2.28. The van der Waals surface area contributed by atoms with E-state index in [2.05, 4.69) is 10.3 Å². The standard InChI is InChI=1S/C11H15ClN2O2/c1-16-7-3-2-4-11(15)14-9-5-6-10(12)13-8-9/h5-6,8H,2-4,7H2,1H3,(H,14,15). The van der Waals surface area contributed by atoms with Crippen molar-refractivity contribution in [2.75, 3.05) is 19.0 Å². The molecule has 1 rings (SSSR count). The van der Waals surface area contributed by atoms with Crippen LogP contribution in [0.25, 0.3) is 0 Å². The van der Waals surface area contributed by atoms with Crippen LogP contribution in [0.15, 0.2) is 18.3 Å². The third-order valence-corrected chi connectivity index (χ3v) is 2.24. The number of hydrogen-bond acceptors (Lipinski definition) is 3. The molecule has 88 valence electrons. The first-order valence-corrected chi connectivity index (χ1v) is 5.50. The Bertz CT molecular complexity index is 327. The molecule has 1 aromatic rings. The summed E-state index contributed by atoms with van der Waals surface area (Å²) in [6.07, 6.45) is 3.74. The van der Waals surface area contributed by atoms with Gasteiger partial charge in [-0.1, -0.05) is 11.6 Å². The molecule has 0 aliphatic rings. The number of hydrogen-bond donors (Lipinski definition) is 1. The number of nitrogens with one attached hydrogen (secondary N) is 1. The van der Waals surface area contributed by atoms with Crippen molar-refractivity contribution < 1.29 is 9.53 Å². The lowest BCUT2D eigenvalue weighted by Gasteiger charge is -2.04. The number of methoxy groups -OCH3 is 1. The van der Waals surface area contributed by atoms with Crippen molar-refractivity contribution in [3.63, 3.8) is 0 Å². The Labute approximate surface area is 100.0 Å². The SMILES string of the molecule is COCCCCC(=O)Nc1ccc(Cl)nc1. The van der Waals surface area contributed by atoms with Crippen LogP contribution in [0.2, 0.25) is 5.15 Å². The van der Waals surface area contributed by atoms with Crippen LogP contribution in [-0.2, 0) is 9.53 Å². The van der Waals surface area contributed by atoms with Gasteiger partial charge in [-0.25, -0.2) is 4.98 Å². The maximum Gasteiger partial charge on any atom is 0.224 e. The van der Waals surface area contributed by atoms with Crippen molar-refractivity contribution in [1.82, 2.24) is 4.98 Å². The van der Waals surface area contributed by atoms with E-state index in [4.69, 9.17) is 16.3 Å². The second-order valence-corrected chi connectivity index (χ2v) is 3.75. The molecule has 1 amide bonds. The number of aromatic nitrogens is 1. The smallest absolute Gasteiger partial charge is 0.224 e. The summed E-state index contributed by atoms with van der Waals surface area (Å²) in [5, 5.41) is 3.16. The Kier molecular flexibility index (Phi) is 5.82. The summed E-state index contributed by atoms with van der Waals surface area (Å²) < 4.78 is 4.90. The van der Waals surface area contributed by atoms with Gasteiger partial charge in [0.15, 0.2) is 0 Å². The van der Waals surface area contributed by atoms with Gasteiger partial charge in [0.05, 0.1) is 11.9 Å². The van der Waals surface area contributed by atoms with Gasteiger partial charge >= 0.3 is 0 Å². The lowest BCUT2D eigenvalue weighted by atomic mass is 10.2. The lowest BCUT2D eigenvalue weighted by molar-refractivity contribution is -0.116. The lowest BCUT2D eigenvalue weighted by Crippen LogP contribution is -2.11. The fourth-order valence-electron chi connectivity index (χ4n) is 1.21. The van der Waals surface area contributed by atoms with Crippen LogP contribution < -0.4 is 5.32 Å². The number of amides is 1. The van der Waals surface area contributed by atoms with Gasteiger partial charge in [-0.2, -0.15) is 0 Å². The predicted molar refractivity (Wildman–Crippen MR) is 63.6 cm³/mol. The van der Waals surface area contributed by atoms with Gasteiger partial charge in [0.2, 0.25) is 5.91 Å². The molecular formula is C11H15ClN2O2. The molecule has 0 saturated carbocycles. The average molecular weight is 243 g/mol. The van der Waals surface area contributed by atoms with E-state index in [1.807, 2.05) is 0 Å². The molecule has 0 radical (unpaired) electrons. The fraction of sp³-hybridized carbons (Fsp3) is 0.455. The third kappa shape index (κ3) is 5.09. The fourth-order valence-corrected chi connectivity index (χ4v) is 1.32. The van der Waals surface area contributed by atoms with Gasteiger partial charge < -0.3 is 10.1 Å². The van der Waals surface area contributed by atoms with E-state index in [9.17, 15) is 4.79 Å². The summed E-state index contributed by atoms with van der Waals surface area (Å²) in [6, 6.07) is 3.37. The number of unbranched alkanes of at least 4 members (excludes halogenated alkanes) is 1. The Morgan fingerprint density at radius 3 is 2.94 bits per heavy atom. The number of carbonyl (C=O) groups is 1. The third-order valence-electron chi connectivity index (χ3n) is 2.01. The van der Waals surface area contributed by atoms with Crippen molar-refractivity contribution in [3.8, 4) is 0 Å². The van der Waals surface area contributed by atoms with E-state index in [-0.39, 0.29) is 5.91 Å². The summed E-state index contributed by atoms with van der Waals surface area (Å²) in [6.45, 7) is 0.690. The molecule has 0 aromatic carbocycles. The summed E-state index contributed by atoms with van der Waals surface area (Å²) in [5.41, 5.74) is 0.668. The normalized spacial score (nSPS) is 10.1. The molecule has 0 atom stereocenters. The van der Waals surface area contributed by atoms with Crippen molar-refractivity contribution >= 4 is 23.2 Å². The summed E-state index contributed by atoms with van der Waals surface area (Å²) in [7, 11) is 1.65. The minimum Gasteiger partial charge on any atom is -0.385 e. The maximum atomic E-state index is 11.4. The molecular weight excluding hydrogens is 228 g/mol. The predicted octanol–water partition coefficient (Wildman–Crippen LogP) is 2.49.